The molecule has 0 aliphatic heterocycles. The number of hydrogen-bond acceptors (Lipinski definition) is 5. The molecule has 2 aromatic carbocycles. The molecule has 0 unspecified atom stereocenters. The Morgan fingerprint density at radius 3 is 1.84 bits per heavy atom. The highest BCUT2D eigenvalue weighted by molar-refractivity contribution is 7.98. The maximum Gasteiger partial charge on any atom is 0.125 e. The van der Waals surface area contributed by atoms with Crippen LogP contribution in [0.25, 0.3) is 22.4 Å². The van der Waals surface area contributed by atoms with Crippen molar-refractivity contribution in [3.63, 3.8) is 0 Å². The Morgan fingerprint density at radius 1 is 0.840 bits per heavy atom. The van der Waals surface area contributed by atoms with Crippen LogP contribution in [0.15, 0.2) is 59.5 Å². The Bertz CT molecular complexity index is 862. The van der Waals surface area contributed by atoms with Crippen molar-refractivity contribution in [3.05, 3.63) is 54.6 Å². The van der Waals surface area contributed by atoms with Crippen molar-refractivity contribution >= 4 is 17.6 Å². The van der Waals surface area contributed by atoms with Gasteiger partial charge in [0.2, 0.25) is 0 Å². The van der Waals surface area contributed by atoms with Crippen LogP contribution in [0.3, 0.4) is 0 Å². The second kappa shape index (κ2) is 7.49. The summed E-state index contributed by atoms with van der Waals surface area (Å²) in [5.41, 5.74) is 10.0. The summed E-state index contributed by atoms with van der Waals surface area (Å²) in [7, 11) is 3.32. The number of hydrogen-bond donors (Lipinski definition) is 1. The average molecular weight is 352 g/mol. The number of thioether (sulfide) groups is 1. The molecule has 0 spiro atoms. The van der Waals surface area contributed by atoms with Gasteiger partial charge in [0.15, 0.2) is 0 Å². The first-order valence-electron chi connectivity index (χ1n) is 7.79. The summed E-state index contributed by atoms with van der Waals surface area (Å²) in [5, 5.41) is 0. The lowest BCUT2D eigenvalue weighted by Crippen LogP contribution is -1.98. The third-order valence-corrected chi connectivity index (χ3v) is 4.73. The van der Waals surface area contributed by atoms with Crippen LogP contribution in [-0.4, -0.2) is 25.5 Å². The van der Waals surface area contributed by atoms with Crippen molar-refractivity contribution in [1.29, 1.82) is 0 Å². The Morgan fingerprint density at radius 2 is 1.36 bits per heavy atom. The largest absolute Gasteiger partial charge is 0.497 e. The zero-order valence-corrected chi connectivity index (χ0v) is 15.3. The van der Waals surface area contributed by atoms with Crippen LogP contribution in [0.4, 0.5) is 5.82 Å². The smallest absolute Gasteiger partial charge is 0.125 e. The van der Waals surface area contributed by atoms with E-state index in [1.54, 1.807) is 26.0 Å². The van der Waals surface area contributed by atoms with Crippen molar-refractivity contribution in [3.8, 4) is 33.9 Å². The maximum atomic E-state index is 6.05. The molecule has 0 amide bonds. The van der Waals surface area contributed by atoms with Crippen LogP contribution in [0.1, 0.15) is 0 Å². The predicted octanol–water partition coefficient (Wildman–Crippen LogP) is 4.74. The lowest BCUT2D eigenvalue weighted by atomic mass is 9.99. The van der Waals surface area contributed by atoms with Gasteiger partial charge >= 0.3 is 0 Å². The van der Waals surface area contributed by atoms with Crippen LogP contribution in [0, 0.1) is 0 Å². The molecule has 0 aliphatic carbocycles. The molecule has 2 N–H and O–H groups in total. The van der Waals surface area contributed by atoms with E-state index in [2.05, 4.69) is 4.98 Å². The Hall–Kier alpha value is -2.66. The van der Waals surface area contributed by atoms with Gasteiger partial charge in [-0.1, -0.05) is 12.1 Å². The highest BCUT2D eigenvalue weighted by Crippen LogP contribution is 2.39. The fourth-order valence-electron chi connectivity index (χ4n) is 2.70. The van der Waals surface area contributed by atoms with Gasteiger partial charge in [0.05, 0.1) is 19.9 Å². The fourth-order valence-corrected chi connectivity index (χ4v) is 3.35. The SMILES string of the molecule is COc1ccc(-c2nc(N)cc(SC)c2-c2ccc(OC)cc2)cc1. The molecule has 0 saturated heterocycles. The summed E-state index contributed by atoms with van der Waals surface area (Å²) in [6.45, 7) is 0. The Balaban J connectivity index is 2.20. The summed E-state index contributed by atoms with van der Waals surface area (Å²) < 4.78 is 10.5. The Labute approximate surface area is 152 Å². The third-order valence-electron chi connectivity index (χ3n) is 3.97. The zero-order chi connectivity index (χ0) is 17.8. The van der Waals surface area contributed by atoms with Crippen LogP contribution in [0.5, 0.6) is 11.5 Å². The fraction of sp³-hybridized carbons (Fsp3) is 0.150. The predicted molar refractivity (Wildman–Crippen MR) is 104 cm³/mol. The molecule has 1 heterocycles. The number of nitrogens with two attached hydrogens (primary N) is 1. The van der Waals surface area contributed by atoms with E-state index >= 15 is 0 Å². The van der Waals surface area contributed by atoms with Crippen molar-refractivity contribution in [2.24, 2.45) is 0 Å². The van der Waals surface area contributed by atoms with Gasteiger partial charge < -0.3 is 15.2 Å². The van der Waals surface area contributed by atoms with Gasteiger partial charge in [-0.15, -0.1) is 11.8 Å². The minimum Gasteiger partial charge on any atom is -0.497 e. The standard InChI is InChI=1S/C20H20N2O2S/c1-23-15-8-4-13(5-9-15)19-17(25-3)12-18(21)22-20(19)14-6-10-16(24-2)11-7-14/h4-12H,1-3H3,(H2,21,22). The number of ether oxygens (including phenoxy) is 2. The number of benzene rings is 2. The summed E-state index contributed by atoms with van der Waals surface area (Å²) in [4.78, 5) is 5.71. The average Bonchev–Trinajstić information content (AvgIpc) is 2.67. The summed E-state index contributed by atoms with van der Waals surface area (Å²) in [6.07, 6.45) is 2.04. The monoisotopic (exact) mass is 352 g/mol. The molecule has 0 saturated carbocycles. The molecule has 0 aliphatic rings. The van der Waals surface area contributed by atoms with Crippen LogP contribution < -0.4 is 15.2 Å². The number of methoxy groups -OCH3 is 2. The normalized spacial score (nSPS) is 10.5. The molecule has 25 heavy (non-hydrogen) atoms. The van der Waals surface area contributed by atoms with Crippen LogP contribution in [0.2, 0.25) is 0 Å². The van der Waals surface area contributed by atoms with Crippen LogP contribution >= 0.6 is 11.8 Å². The van der Waals surface area contributed by atoms with Crippen molar-refractivity contribution in [1.82, 2.24) is 4.98 Å². The third kappa shape index (κ3) is 3.56. The second-order valence-electron chi connectivity index (χ2n) is 5.43. The highest BCUT2D eigenvalue weighted by Gasteiger charge is 2.15. The highest BCUT2D eigenvalue weighted by atomic mass is 32.2. The number of aromatic nitrogens is 1. The summed E-state index contributed by atoms with van der Waals surface area (Å²) in [5.74, 6) is 2.14. The number of rotatable bonds is 5. The molecule has 0 bridgehead atoms. The number of anilines is 1. The summed E-state index contributed by atoms with van der Waals surface area (Å²) >= 11 is 1.65. The van der Waals surface area contributed by atoms with Crippen LogP contribution in [-0.2, 0) is 0 Å². The number of nitrogens with zero attached hydrogens (tertiary/aromatic N) is 1. The Kier molecular flexibility index (Phi) is 5.14. The molecule has 3 rings (SSSR count). The number of pyridine rings is 1. The second-order valence-corrected chi connectivity index (χ2v) is 6.28. The van der Waals surface area contributed by atoms with Gasteiger partial charge in [-0.2, -0.15) is 0 Å². The molecule has 0 atom stereocenters. The molecular formula is C20H20N2O2S. The van der Waals surface area contributed by atoms with Gasteiger partial charge in [-0.3, -0.25) is 0 Å². The van der Waals surface area contributed by atoms with E-state index in [1.807, 2.05) is 60.9 Å². The van der Waals surface area contributed by atoms with Gasteiger partial charge in [-0.05, 0) is 54.3 Å². The van der Waals surface area contributed by atoms with Gasteiger partial charge in [0.25, 0.3) is 0 Å². The van der Waals surface area contributed by atoms with E-state index in [-0.39, 0.29) is 0 Å². The van der Waals surface area contributed by atoms with Gasteiger partial charge in [-0.25, -0.2) is 4.98 Å². The lowest BCUT2D eigenvalue weighted by Gasteiger charge is -2.15. The first-order valence-corrected chi connectivity index (χ1v) is 9.02. The van der Waals surface area contributed by atoms with Gasteiger partial charge in [0.1, 0.15) is 17.3 Å². The zero-order valence-electron chi connectivity index (χ0n) is 14.4. The summed E-state index contributed by atoms with van der Waals surface area (Å²) in [6, 6.07) is 17.7. The number of nitrogen functional groups attached to an aromatic ring is 1. The van der Waals surface area contributed by atoms with E-state index in [0.717, 1.165) is 38.8 Å². The molecular weight excluding hydrogens is 332 g/mol. The first kappa shape index (κ1) is 17.2. The molecule has 0 fully saturated rings. The minimum atomic E-state index is 0.507. The van der Waals surface area contributed by atoms with Crippen molar-refractivity contribution < 1.29 is 9.47 Å². The molecule has 4 nitrogen and oxygen atoms in total. The van der Waals surface area contributed by atoms with Gasteiger partial charge in [0, 0.05) is 16.0 Å². The molecule has 0 radical (unpaired) electrons. The van der Waals surface area contributed by atoms with E-state index in [1.165, 1.54) is 0 Å². The molecule has 128 valence electrons. The van der Waals surface area contributed by atoms with E-state index in [0.29, 0.717) is 5.82 Å². The quantitative estimate of drug-likeness (QED) is 0.672. The molecule has 3 aromatic rings. The van der Waals surface area contributed by atoms with Crippen molar-refractivity contribution in [2.45, 2.75) is 4.90 Å². The van der Waals surface area contributed by atoms with E-state index in [9.17, 15) is 0 Å². The van der Waals surface area contributed by atoms with Crippen molar-refractivity contribution in [2.75, 3.05) is 26.2 Å². The van der Waals surface area contributed by atoms with E-state index in [4.69, 9.17) is 15.2 Å². The lowest BCUT2D eigenvalue weighted by molar-refractivity contribution is 0.414. The first-order chi connectivity index (χ1) is 12.2. The molecule has 5 heteroatoms. The minimum absolute atomic E-state index is 0.507. The van der Waals surface area contributed by atoms with E-state index < -0.39 is 0 Å². The topological polar surface area (TPSA) is 57.4 Å². The molecule has 1 aromatic heterocycles. The maximum absolute atomic E-state index is 6.05.